The average Bonchev–Trinajstić information content (AvgIpc) is 2.74. The Bertz CT molecular complexity index is 1020. The van der Waals surface area contributed by atoms with E-state index in [1.165, 1.54) is 24.4 Å². The van der Waals surface area contributed by atoms with E-state index in [0.29, 0.717) is 0 Å². The van der Waals surface area contributed by atoms with Gasteiger partial charge in [0.05, 0.1) is 6.61 Å². The molecule has 3 heterocycles. The molecule has 2 aromatic rings. The number of carbonyl (C=O) groups is 1. The first-order valence-corrected chi connectivity index (χ1v) is 10.4. The summed E-state index contributed by atoms with van der Waals surface area (Å²) in [6, 6.07) is 8.69. The lowest BCUT2D eigenvalue weighted by atomic mass is 9.74. The maximum atomic E-state index is 14.9. The number of halogens is 4. The molecule has 0 radical (unpaired) electrons. The number of hydrogen-bond donors (Lipinski definition) is 2. The minimum Gasteiger partial charge on any atom is -0.379 e. The van der Waals surface area contributed by atoms with Crippen molar-refractivity contribution in [1.82, 2.24) is 4.98 Å². The molecule has 1 aromatic heterocycles. The molecule has 4 rings (SSSR count). The normalized spacial score (nSPS) is 26.0. The standard InChI is InChI=1S/C20H18F4N4O2S/c21-14-5-4-12(27-17(29)15-3-1-2-6-26-15)8-13(14)19-10-30-16(20(22,23)24)7-11(19)9-31-18(25)28-19/h1-6,8,11,16H,7,9-10H2,(H2,25,28)(H,27,29)/t11-,16+,19-/m0/s1. The van der Waals surface area contributed by atoms with E-state index in [2.05, 4.69) is 15.3 Å². The van der Waals surface area contributed by atoms with Gasteiger partial charge >= 0.3 is 6.18 Å². The molecular weight excluding hydrogens is 436 g/mol. The molecule has 1 amide bonds. The minimum atomic E-state index is -4.53. The van der Waals surface area contributed by atoms with Crippen molar-refractivity contribution in [1.29, 1.82) is 0 Å². The van der Waals surface area contributed by atoms with Crippen LogP contribution in [0.4, 0.5) is 23.2 Å². The third kappa shape index (κ3) is 4.24. The van der Waals surface area contributed by atoms with E-state index in [1.54, 1.807) is 12.1 Å². The zero-order chi connectivity index (χ0) is 22.2. The van der Waals surface area contributed by atoms with Crippen LogP contribution in [0.5, 0.6) is 0 Å². The van der Waals surface area contributed by atoms with Gasteiger partial charge in [-0.15, -0.1) is 0 Å². The number of rotatable bonds is 3. The molecule has 0 saturated carbocycles. The third-order valence-corrected chi connectivity index (χ3v) is 6.33. The first-order chi connectivity index (χ1) is 14.7. The van der Waals surface area contributed by atoms with Gasteiger partial charge in [-0.05, 0) is 36.8 Å². The topological polar surface area (TPSA) is 89.6 Å². The van der Waals surface area contributed by atoms with E-state index in [0.717, 1.165) is 17.8 Å². The number of pyridine rings is 1. The number of nitrogens with zero attached hydrogens (tertiary/aromatic N) is 2. The second kappa shape index (κ2) is 8.12. The lowest BCUT2D eigenvalue weighted by Crippen LogP contribution is -2.53. The molecule has 0 unspecified atom stereocenters. The predicted octanol–water partition coefficient (Wildman–Crippen LogP) is 3.70. The lowest BCUT2D eigenvalue weighted by molar-refractivity contribution is -0.245. The largest absolute Gasteiger partial charge is 0.414 e. The highest BCUT2D eigenvalue weighted by molar-refractivity contribution is 8.13. The highest BCUT2D eigenvalue weighted by Gasteiger charge is 2.55. The second-order valence-electron chi connectivity index (χ2n) is 7.32. The number of thioether (sulfide) groups is 1. The molecule has 11 heteroatoms. The van der Waals surface area contributed by atoms with Crippen LogP contribution in [-0.2, 0) is 10.3 Å². The van der Waals surface area contributed by atoms with E-state index in [9.17, 15) is 22.4 Å². The molecule has 6 nitrogen and oxygen atoms in total. The molecule has 1 aromatic carbocycles. The molecular formula is C20H18F4N4O2S. The van der Waals surface area contributed by atoms with Gasteiger partial charge in [0, 0.05) is 29.1 Å². The maximum Gasteiger partial charge on any atom is 0.414 e. The Balaban J connectivity index is 1.69. The number of alkyl halides is 3. The third-order valence-electron chi connectivity index (χ3n) is 5.37. The summed E-state index contributed by atoms with van der Waals surface area (Å²) in [4.78, 5) is 20.7. The number of nitrogens with two attached hydrogens (primary N) is 1. The number of nitrogens with one attached hydrogen (secondary N) is 1. The van der Waals surface area contributed by atoms with Crippen molar-refractivity contribution < 1.29 is 27.1 Å². The van der Waals surface area contributed by atoms with Crippen molar-refractivity contribution in [2.24, 2.45) is 16.6 Å². The van der Waals surface area contributed by atoms with Gasteiger partial charge in [-0.3, -0.25) is 9.78 Å². The van der Waals surface area contributed by atoms with Crippen LogP contribution >= 0.6 is 11.8 Å². The van der Waals surface area contributed by atoms with Gasteiger partial charge in [0.15, 0.2) is 11.3 Å². The van der Waals surface area contributed by atoms with Crippen LogP contribution in [0.25, 0.3) is 0 Å². The Kier molecular flexibility index (Phi) is 5.65. The number of ether oxygens (including phenoxy) is 1. The summed E-state index contributed by atoms with van der Waals surface area (Å²) in [5.74, 6) is -1.58. The van der Waals surface area contributed by atoms with Crippen LogP contribution in [0.3, 0.4) is 0 Å². The Morgan fingerprint density at radius 3 is 2.81 bits per heavy atom. The molecule has 0 spiro atoms. The number of aromatic nitrogens is 1. The summed E-state index contributed by atoms with van der Waals surface area (Å²) in [5, 5.41) is 2.77. The monoisotopic (exact) mass is 454 g/mol. The first-order valence-electron chi connectivity index (χ1n) is 9.38. The van der Waals surface area contributed by atoms with Crippen LogP contribution in [-0.4, -0.2) is 40.7 Å². The van der Waals surface area contributed by atoms with Gasteiger partial charge in [-0.2, -0.15) is 13.2 Å². The number of anilines is 1. The molecule has 0 aliphatic carbocycles. The van der Waals surface area contributed by atoms with Crippen LogP contribution in [0.2, 0.25) is 0 Å². The summed E-state index contributed by atoms with van der Waals surface area (Å²) < 4.78 is 59.7. The van der Waals surface area contributed by atoms with Crippen molar-refractivity contribution >= 4 is 28.5 Å². The average molecular weight is 454 g/mol. The summed E-state index contributed by atoms with van der Waals surface area (Å²) in [7, 11) is 0. The summed E-state index contributed by atoms with van der Waals surface area (Å²) >= 11 is 1.13. The van der Waals surface area contributed by atoms with Crippen molar-refractivity contribution in [3.8, 4) is 0 Å². The van der Waals surface area contributed by atoms with Crippen molar-refractivity contribution in [2.45, 2.75) is 24.2 Å². The Labute approximate surface area is 179 Å². The second-order valence-corrected chi connectivity index (χ2v) is 8.36. The van der Waals surface area contributed by atoms with Crippen LogP contribution in [0, 0.1) is 11.7 Å². The van der Waals surface area contributed by atoms with E-state index in [-0.39, 0.29) is 34.3 Å². The van der Waals surface area contributed by atoms with Crippen LogP contribution in [0.1, 0.15) is 22.5 Å². The lowest BCUT2D eigenvalue weighted by Gasteiger charge is -2.46. The maximum absolute atomic E-state index is 14.9. The van der Waals surface area contributed by atoms with Crippen molar-refractivity contribution in [3.63, 3.8) is 0 Å². The number of aliphatic imine (C=N–C) groups is 1. The van der Waals surface area contributed by atoms with Crippen molar-refractivity contribution in [3.05, 3.63) is 59.7 Å². The van der Waals surface area contributed by atoms with Gasteiger partial charge in [-0.1, -0.05) is 17.8 Å². The summed E-state index contributed by atoms with van der Waals surface area (Å²) in [5.41, 5.74) is 4.90. The van der Waals surface area contributed by atoms with E-state index < -0.39 is 42.1 Å². The zero-order valence-corrected chi connectivity index (χ0v) is 16.8. The summed E-state index contributed by atoms with van der Waals surface area (Å²) in [6.07, 6.45) is -5.38. The fraction of sp³-hybridized carbons (Fsp3) is 0.350. The number of benzene rings is 1. The van der Waals surface area contributed by atoms with Crippen molar-refractivity contribution in [2.75, 3.05) is 17.7 Å². The SMILES string of the molecule is NC1=N[C@@]2(c3cc(NC(=O)c4ccccn4)ccc3F)CO[C@@H](C(F)(F)F)C[C@H]2CS1. The fourth-order valence-electron chi connectivity index (χ4n) is 3.82. The van der Waals surface area contributed by atoms with Gasteiger partial charge in [-0.25, -0.2) is 9.38 Å². The highest BCUT2D eigenvalue weighted by Crippen LogP contribution is 2.49. The molecule has 2 aliphatic rings. The number of amidine groups is 1. The first kappa shape index (κ1) is 21.6. The Hall–Kier alpha value is -2.66. The zero-order valence-electron chi connectivity index (χ0n) is 16.0. The Morgan fingerprint density at radius 1 is 1.29 bits per heavy atom. The summed E-state index contributed by atoms with van der Waals surface area (Å²) in [6.45, 7) is -0.475. The highest BCUT2D eigenvalue weighted by atomic mass is 32.2. The molecule has 164 valence electrons. The molecule has 2 aliphatic heterocycles. The van der Waals surface area contributed by atoms with E-state index >= 15 is 0 Å². The Morgan fingerprint density at radius 2 is 2.10 bits per heavy atom. The van der Waals surface area contributed by atoms with E-state index in [1.807, 2.05) is 0 Å². The molecule has 3 N–H and O–H groups in total. The number of hydrogen-bond acceptors (Lipinski definition) is 6. The minimum absolute atomic E-state index is 0.0280. The quantitative estimate of drug-likeness (QED) is 0.691. The van der Waals surface area contributed by atoms with Gasteiger partial charge in [0.25, 0.3) is 5.91 Å². The van der Waals surface area contributed by atoms with Gasteiger partial charge in [0.1, 0.15) is 17.1 Å². The smallest absolute Gasteiger partial charge is 0.379 e. The number of fused-ring (bicyclic) bond motifs is 1. The van der Waals surface area contributed by atoms with Gasteiger partial charge < -0.3 is 15.8 Å². The molecule has 1 fully saturated rings. The van der Waals surface area contributed by atoms with Gasteiger partial charge in [0.2, 0.25) is 0 Å². The van der Waals surface area contributed by atoms with Crippen LogP contribution < -0.4 is 11.1 Å². The number of amides is 1. The van der Waals surface area contributed by atoms with Crippen LogP contribution in [0.15, 0.2) is 47.6 Å². The molecule has 1 saturated heterocycles. The number of carbonyl (C=O) groups excluding carboxylic acids is 1. The van der Waals surface area contributed by atoms with E-state index in [4.69, 9.17) is 10.5 Å². The molecule has 0 bridgehead atoms. The molecule has 3 atom stereocenters. The predicted molar refractivity (Wildman–Crippen MR) is 108 cm³/mol. The fourth-order valence-corrected chi connectivity index (χ4v) is 4.84. The molecule has 31 heavy (non-hydrogen) atoms.